The topological polar surface area (TPSA) is 60.8 Å². The number of hydrogen-bond donors (Lipinski definition) is 2. The van der Waals surface area contributed by atoms with Crippen LogP contribution in [0.25, 0.3) is 0 Å². The predicted molar refractivity (Wildman–Crippen MR) is 55.2 cm³/mol. The summed E-state index contributed by atoms with van der Waals surface area (Å²) in [5.41, 5.74) is 0.791. The highest BCUT2D eigenvalue weighted by Crippen LogP contribution is 2.03. The average molecular weight is 201 g/mol. The first kappa shape index (κ1) is 13.1. The molecule has 0 aromatic heterocycles. The highest BCUT2D eigenvalue weighted by atomic mass is 16.4. The third kappa shape index (κ3) is 5.72. The number of nitrogens with zero attached hydrogens (tertiary/aromatic N) is 1. The highest BCUT2D eigenvalue weighted by molar-refractivity contribution is 5.80. The average Bonchev–Trinajstić information content (AvgIpc) is 2.01. The zero-order chi connectivity index (χ0) is 11.1. The number of carboxylic acids is 1. The molecule has 14 heavy (non-hydrogen) atoms. The maximum atomic E-state index is 10.4. The van der Waals surface area contributed by atoms with Crippen LogP contribution in [-0.4, -0.2) is 46.8 Å². The molecule has 0 saturated heterocycles. The molecule has 0 rings (SSSR count). The van der Waals surface area contributed by atoms with Crippen LogP contribution in [0.1, 0.15) is 20.8 Å². The van der Waals surface area contributed by atoms with E-state index in [1.165, 1.54) is 6.08 Å². The van der Waals surface area contributed by atoms with Crippen molar-refractivity contribution in [3.8, 4) is 0 Å². The molecule has 0 radical (unpaired) electrons. The van der Waals surface area contributed by atoms with Gasteiger partial charge in [0.25, 0.3) is 0 Å². The van der Waals surface area contributed by atoms with E-state index in [0.717, 1.165) is 5.57 Å². The Kier molecular flexibility index (Phi) is 6.16. The molecule has 0 aliphatic heterocycles. The van der Waals surface area contributed by atoms with E-state index in [2.05, 4.69) is 0 Å². The molecule has 0 unspecified atom stereocenters. The Morgan fingerprint density at radius 3 is 2.43 bits per heavy atom. The van der Waals surface area contributed by atoms with Gasteiger partial charge in [-0.05, 0) is 20.8 Å². The molecule has 0 bridgehead atoms. The lowest BCUT2D eigenvalue weighted by Gasteiger charge is -2.25. The molecule has 0 saturated carbocycles. The van der Waals surface area contributed by atoms with Crippen LogP contribution in [0.3, 0.4) is 0 Å². The first-order valence-electron chi connectivity index (χ1n) is 4.72. The lowest BCUT2D eigenvalue weighted by Crippen LogP contribution is -2.34. The van der Waals surface area contributed by atoms with Gasteiger partial charge in [-0.25, -0.2) is 4.79 Å². The molecule has 0 aromatic rings. The molecule has 0 aliphatic rings. The van der Waals surface area contributed by atoms with E-state index in [1.54, 1.807) is 6.92 Å². The van der Waals surface area contributed by atoms with Gasteiger partial charge in [-0.3, -0.25) is 4.90 Å². The largest absolute Gasteiger partial charge is 0.478 e. The number of aliphatic carboxylic acids is 1. The second-order valence-electron chi connectivity index (χ2n) is 3.62. The van der Waals surface area contributed by atoms with Crippen molar-refractivity contribution >= 4 is 5.97 Å². The Labute approximate surface area is 84.8 Å². The van der Waals surface area contributed by atoms with E-state index < -0.39 is 5.97 Å². The van der Waals surface area contributed by atoms with E-state index in [0.29, 0.717) is 19.1 Å². The molecule has 0 fully saturated rings. The van der Waals surface area contributed by atoms with Crippen LogP contribution in [0, 0.1) is 0 Å². The molecule has 0 aromatic carbocycles. The van der Waals surface area contributed by atoms with Crippen LogP contribution < -0.4 is 0 Å². The Balaban J connectivity index is 4.22. The second kappa shape index (κ2) is 6.56. The van der Waals surface area contributed by atoms with Gasteiger partial charge in [-0.1, -0.05) is 5.57 Å². The fourth-order valence-electron chi connectivity index (χ4n) is 1.23. The summed E-state index contributed by atoms with van der Waals surface area (Å²) < 4.78 is 0. The standard InChI is InChI=1S/C10H19NO3/c1-8(2)11(4-5-12)7-9(3)6-10(13)14/h6,8,12H,4-5,7H2,1-3H3,(H,13,14). The summed E-state index contributed by atoms with van der Waals surface area (Å²) in [4.78, 5) is 12.4. The van der Waals surface area contributed by atoms with Crippen molar-refractivity contribution in [1.82, 2.24) is 4.90 Å². The minimum atomic E-state index is -0.921. The Morgan fingerprint density at radius 1 is 1.50 bits per heavy atom. The Bertz CT molecular complexity index is 211. The van der Waals surface area contributed by atoms with Crippen LogP contribution in [0.2, 0.25) is 0 Å². The maximum Gasteiger partial charge on any atom is 0.328 e. The first-order valence-corrected chi connectivity index (χ1v) is 4.72. The van der Waals surface area contributed by atoms with Gasteiger partial charge in [-0.15, -0.1) is 0 Å². The van der Waals surface area contributed by atoms with Crippen molar-refractivity contribution in [2.75, 3.05) is 19.7 Å². The van der Waals surface area contributed by atoms with Gasteiger partial charge in [-0.2, -0.15) is 0 Å². The summed E-state index contributed by atoms with van der Waals surface area (Å²) in [6.07, 6.45) is 1.20. The fraction of sp³-hybridized carbons (Fsp3) is 0.700. The summed E-state index contributed by atoms with van der Waals surface area (Å²) in [6, 6.07) is 0.305. The molecule has 0 aliphatic carbocycles. The van der Waals surface area contributed by atoms with Gasteiger partial charge < -0.3 is 10.2 Å². The summed E-state index contributed by atoms with van der Waals surface area (Å²) >= 11 is 0. The van der Waals surface area contributed by atoms with Crippen LogP contribution in [0.4, 0.5) is 0 Å². The molecule has 0 amide bonds. The molecule has 0 spiro atoms. The zero-order valence-corrected chi connectivity index (χ0v) is 9.03. The molecular weight excluding hydrogens is 182 g/mol. The highest BCUT2D eigenvalue weighted by Gasteiger charge is 2.09. The van der Waals surface area contributed by atoms with Crippen molar-refractivity contribution in [1.29, 1.82) is 0 Å². The van der Waals surface area contributed by atoms with Crippen LogP contribution in [-0.2, 0) is 4.79 Å². The second-order valence-corrected chi connectivity index (χ2v) is 3.62. The van der Waals surface area contributed by atoms with Crippen molar-refractivity contribution in [3.05, 3.63) is 11.6 Å². The van der Waals surface area contributed by atoms with Gasteiger partial charge in [0.05, 0.1) is 6.61 Å². The number of aliphatic hydroxyl groups is 1. The lowest BCUT2D eigenvalue weighted by atomic mass is 10.2. The van der Waals surface area contributed by atoms with Crippen molar-refractivity contribution < 1.29 is 15.0 Å². The quantitative estimate of drug-likeness (QED) is 0.622. The van der Waals surface area contributed by atoms with Gasteiger partial charge >= 0.3 is 5.97 Å². The number of rotatable bonds is 6. The minimum Gasteiger partial charge on any atom is -0.478 e. The van der Waals surface area contributed by atoms with Gasteiger partial charge in [0.2, 0.25) is 0 Å². The smallest absolute Gasteiger partial charge is 0.328 e. The Hall–Kier alpha value is -0.870. The van der Waals surface area contributed by atoms with Crippen LogP contribution in [0.15, 0.2) is 11.6 Å². The number of carbonyl (C=O) groups is 1. The number of aliphatic hydroxyl groups excluding tert-OH is 1. The molecule has 4 nitrogen and oxygen atoms in total. The third-order valence-electron chi connectivity index (χ3n) is 1.94. The predicted octanol–water partition coefficient (Wildman–Crippen LogP) is 0.720. The summed E-state index contributed by atoms with van der Waals surface area (Å²) in [5, 5.41) is 17.3. The summed E-state index contributed by atoms with van der Waals surface area (Å²) in [7, 11) is 0. The molecule has 82 valence electrons. The molecule has 4 heteroatoms. The van der Waals surface area contributed by atoms with Crippen molar-refractivity contribution in [2.45, 2.75) is 26.8 Å². The van der Waals surface area contributed by atoms with Crippen LogP contribution in [0.5, 0.6) is 0 Å². The summed E-state index contributed by atoms with van der Waals surface area (Å²) in [5.74, 6) is -0.921. The third-order valence-corrected chi connectivity index (χ3v) is 1.94. The van der Waals surface area contributed by atoms with Crippen LogP contribution >= 0.6 is 0 Å². The molecule has 2 N–H and O–H groups in total. The van der Waals surface area contributed by atoms with Crippen molar-refractivity contribution in [3.63, 3.8) is 0 Å². The number of hydrogen-bond acceptors (Lipinski definition) is 3. The van der Waals surface area contributed by atoms with E-state index in [1.807, 2.05) is 18.7 Å². The first-order chi connectivity index (χ1) is 6.47. The molecule has 0 heterocycles. The van der Waals surface area contributed by atoms with Crippen molar-refractivity contribution in [2.24, 2.45) is 0 Å². The van der Waals surface area contributed by atoms with E-state index >= 15 is 0 Å². The summed E-state index contributed by atoms with van der Waals surface area (Å²) in [6.45, 7) is 7.07. The monoisotopic (exact) mass is 201 g/mol. The van der Waals surface area contributed by atoms with E-state index in [-0.39, 0.29) is 6.61 Å². The Morgan fingerprint density at radius 2 is 2.07 bits per heavy atom. The number of carboxylic acid groups (broad SMARTS) is 1. The molecule has 0 atom stereocenters. The normalized spacial score (nSPS) is 12.6. The SMILES string of the molecule is CC(=CC(=O)O)CN(CCO)C(C)C. The van der Waals surface area contributed by atoms with E-state index in [9.17, 15) is 4.79 Å². The lowest BCUT2D eigenvalue weighted by molar-refractivity contribution is -0.131. The van der Waals surface area contributed by atoms with Gasteiger partial charge in [0.15, 0.2) is 0 Å². The van der Waals surface area contributed by atoms with Gasteiger partial charge in [0.1, 0.15) is 0 Å². The zero-order valence-electron chi connectivity index (χ0n) is 9.03. The maximum absolute atomic E-state index is 10.4. The fourth-order valence-corrected chi connectivity index (χ4v) is 1.23. The van der Waals surface area contributed by atoms with E-state index in [4.69, 9.17) is 10.2 Å². The molecular formula is C10H19NO3. The minimum absolute atomic E-state index is 0.0958. The van der Waals surface area contributed by atoms with Gasteiger partial charge in [0, 0.05) is 25.2 Å².